The number of aryl methyl sites for hydroxylation is 3. The highest BCUT2D eigenvalue weighted by molar-refractivity contribution is 6.04. The molecule has 3 heteroatoms. The maximum atomic E-state index is 13.6. The summed E-state index contributed by atoms with van der Waals surface area (Å²) < 4.78 is 13.6. The van der Waals surface area contributed by atoms with E-state index < -0.39 is 11.7 Å². The minimum absolute atomic E-state index is 0.0694. The number of carbonyl (C=O) groups is 1. The van der Waals surface area contributed by atoms with E-state index >= 15 is 0 Å². The van der Waals surface area contributed by atoms with Gasteiger partial charge in [-0.3, -0.25) is 4.79 Å². The van der Waals surface area contributed by atoms with E-state index in [1.165, 1.54) is 6.07 Å². The first-order chi connectivity index (χ1) is 8.97. The Morgan fingerprint density at radius 1 is 1.00 bits per heavy atom. The van der Waals surface area contributed by atoms with Gasteiger partial charge in [0.2, 0.25) is 0 Å². The van der Waals surface area contributed by atoms with Crippen molar-refractivity contribution in [2.75, 3.05) is 5.32 Å². The Morgan fingerprint density at radius 2 is 1.63 bits per heavy atom. The molecular formula is C16H16FNO. The second-order valence-electron chi connectivity index (χ2n) is 4.76. The molecule has 1 N–H and O–H groups in total. The van der Waals surface area contributed by atoms with Crippen molar-refractivity contribution in [2.45, 2.75) is 20.8 Å². The average Bonchev–Trinajstić information content (AvgIpc) is 2.35. The third-order valence-electron chi connectivity index (χ3n) is 3.00. The van der Waals surface area contributed by atoms with Crippen LogP contribution in [0.3, 0.4) is 0 Å². The van der Waals surface area contributed by atoms with Gasteiger partial charge < -0.3 is 5.32 Å². The van der Waals surface area contributed by atoms with Gasteiger partial charge in [0.05, 0.1) is 5.56 Å². The Kier molecular flexibility index (Phi) is 3.65. The maximum Gasteiger partial charge on any atom is 0.258 e. The number of benzene rings is 2. The minimum atomic E-state index is -0.507. The van der Waals surface area contributed by atoms with E-state index in [9.17, 15) is 9.18 Å². The lowest BCUT2D eigenvalue weighted by molar-refractivity contribution is 0.102. The van der Waals surface area contributed by atoms with Crippen LogP contribution in [0.5, 0.6) is 0 Å². The maximum absolute atomic E-state index is 13.6. The molecule has 0 aliphatic rings. The number of rotatable bonds is 2. The summed E-state index contributed by atoms with van der Waals surface area (Å²) in [6.45, 7) is 5.72. The zero-order valence-electron chi connectivity index (χ0n) is 11.3. The third kappa shape index (κ3) is 2.99. The summed E-state index contributed by atoms with van der Waals surface area (Å²) in [5.41, 5.74) is 3.71. The molecule has 2 rings (SSSR count). The Morgan fingerprint density at radius 3 is 2.32 bits per heavy atom. The molecule has 0 unspecified atom stereocenters. The fourth-order valence-corrected chi connectivity index (χ4v) is 1.96. The lowest BCUT2D eigenvalue weighted by Gasteiger charge is -2.10. The number of hydrogen-bond acceptors (Lipinski definition) is 1. The van der Waals surface area contributed by atoms with Crippen molar-refractivity contribution in [3.8, 4) is 0 Å². The SMILES string of the molecule is Cc1ccc(NC(=O)c2cc(C)ccc2F)c(C)c1. The first-order valence-corrected chi connectivity index (χ1v) is 6.12. The van der Waals surface area contributed by atoms with Gasteiger partial charge in [0, 0.05) is 5.69 Å². The fraction of sp³-hybridized carbons (Fsp3) is 0.188. The van der Waals surface area contributed by atoms with E-state index in [0.29, 0.717) is 5.69 Å². The van der Waals surface area contributed by atoms with Crippen LogP contribution in [0.25, 0.3) is 0 Å². The summed E-state index contributed by atoms with van der Waals surface area (Å²) in [7, 11) is 0. The molecule has 2 nitrogen and oxygen atoms in total. The molecule has 0 aromatic heterocycles. The van der Waals surface area contributed by atoms with Crippen molar-refractivity contribution in [1.29, 1.82) is 0 Å². The summed E-state index contributed by atoms with van der Waals surface area (Å²) in [5, 5.41) is 2.74. The zero-order chi connectivity index (χ0) is 14.0. The number of halogens is 1. The number of nitrogens with one attached hydrogen (secondary N) is 1. The highest BCUT2D eigenvalue weighted by Gasteiger charge is 2.12. The van der Waals surface area contributed by atoms with E-state index in [1.807, 2.05) is 39.0 Å². The van der Waals surface area contributed by atoms with Gasteiger partial charge in [0.1, 0.15) is 5.82 Å². The fourth-order valence-electron chi connectivity index (χ4n) is 1.96. The molecule has 2 aromatic carbocycles. The second kappa shape index (κ2) is 5.22. The molecule has 0 heterocycles. The molecule has 19 heavy (non-hydrogen) atoms. The van der Waals surface area contributed by atoms with Gasteiger partial charge >= 0.3 is 0 Å². The number of anilines is 1. The van der Waals surface area contributed by atoms with E-state index in [4.69, 9.17) is 0 Å². The van der Waals surface area contributed by atoms with Crippen LogP contribution in [-0.4, -0.2) is 5.91 Å². The molecule has 0 saturated carbocycles. The van der Waals surface area contributed by atoms with Gasteiger partial charge in [-0.15, -0.1) is 0 Å². The number of amides is 1. The van der Waals surface area contributed by atoms with E-state index in [2.05, 4.69) is 5.32 Å². The number of hydrogen-bond donors (Lipinski definition) is 1. The van der Waals surface area contributed by atoms with Gasteiger partial charge in [-0.1, -0.05) is 29.3 Å². The summed E-state index contributed by atoms with van der Waals surface area (Å²) in [6, 6.07) is 10.2. The van der Waals surface area contributed by atoms with Crippen LogP contribution in [0.4, 0.5) is 10.1 Å². The van der Waals surface area contributed by atoms with Crippen LogP contribution >= 0.6 is 0 Å². The van der Waals surface area contributed by atoms with Gasteiger partial charge in [-0.05, 0) is 44.5 Å². The molecule has 0 aliphatic carbocycles. The lowest BCUT2D eigenvalue weighted by atomic mass is 10.1. The molecular weight excluding hydrogens is 241 g/mol. The lowest BCUT2D eigenvalue weighted by Crippen LogP contribution is -2.14. The predicted molar refractivity (Wildman–Crippen MR) is 75.0 cm³/mol. The van der Waals surface area contributed by atoms with Crippen molar-refractivity contribution < 1.29 is 9.18 Å². The van der Waals surface area contributed by atoms with Gasteiger partial charge in [0.15, 0.2) is 0 Å². The van der Waals surface area contributed by atoms with Crippen LogP contribution in [0.15, 0.2) is 36.4 Å². The third-order valence-corrected chi connectivity index (χ3v) is 3.00. The standard InChI is InChI=1S/C16H16FNO/c1-10-5-7-15(12(3)8-10)18-16(19)13-9-11(2)4-6-14(13)17/h4-9H,1-3H3,(H,18,19). The van der Waals surface area contributed by atoms with Crippen molar-refractivity contribution in [3.63, 3.8) is 0 Å². The Hall–Kier alpha value is -2.16. The van der Waals surface area contributed by atoms with Crippen LogP contribution in [-0.2, 0) is 0 Å². The van der Waals surface area contributed by atoms with Crippen LogP contribution in [0.2, 0.25) is 0 Å². The van der Waals surface area contributed by atoms with Crippen molar-refractivity contribution in [3.05, 3.63) is 64.5 Å². The smallest absolute Gasteiger partial charge is 0.258 e. The van der Waals surface area contributed by atoms with Crippen molar-refractivity contribution >= 4 is 11.6 Å². The Bertz CT molecular complexity index is 635. The predicted octanol–water partition coefficient (Wildman–Crippen LogP) is 4.00. The summed E-state index contributed by atoms with van der Waals surface area (Å²) in [5.74, 6) is -0.930. The normalized spacial score (nSPS) is 10.3. The monoisotopic (exact) mass is 257 g/mol. The largest absolute Gasteiger partial charge is 0.322 e. The summed E-state index contributed by atoms with van der Waals surface area (Å²) in [4.78, 5) is 12.1. The molecule has 98 valence electrons. The molecule has 1 amide bonds. The number of carbonyl (C=O) groups excluding carboxylic acids is 1. The molecule has 0 aliphatic heterocycles. The average molecular weight is 257 g/mol. The summed E-state index contributed by atoms with van der Waals surface area (Å²) in [6.07, 6.45) is 0. The van der Waals surface area contributed by atoms with E-state index in [-0.39, 0.29) is 5.56 Å². The molecule has 0 atom stereocenters. The topological polar surface area (TPSA) is 29.1 Å². The van der Waals surface area contributed by atoms with Gasteiger partial charge in [0.25, 0.3) is 5.91 Å². The zero-order valence-corrected chi connectivity index (χ0v) is 11.3. The van der Waals surface area contributed by atoms with E-state index in [0.717, 1.165) is 16.7 Å². The van der Waals surface area contributed by atoms with E-state index in [1.54, 1.807) is 12.1 Å². The first-order valence-electron chi connectivity index (χ1n) is 6.12. The molecule has 0 saturated heterocycles. The summed E-state index contributed by atoms with van der Waals surface area (Å²) >= 11 is 0. The Labute approximate surface area is 112 Å². The van der Waals surface area contributed by atoms with Gasteiger partial charge in [-0.25, -0.2) is 4.39 Å². The second-order valence-corrected chi connectivity index (χ2v) is 4.76. The quantitative estimate of drug-likeness (QED) is 0.865. The van der Waals surface area contributed by atoms with Crippen LogP contribution in [0.1, 0.15) is 27.0 Å². The molecule has 0 bridgehead atoms. The van der Waals surface area contributed by atoms with Crippen LogP contribution < -0.4 is 5.32 Å². The molecule has 0 radical (unpaired) electrons. The highest BCUT2D eigenvalue weighted by Crippen LogP contribution is 2.18. The van der Waals surface area contributed by atoms with Crippen molar-refractivity contribution in [2.24, 2.45) is 0 Å². The Balaban J connectivity index is 2.28. The van der Waals surface area contributed by atoms with Crippen molar-refractivity contribution in [1.82, 2.24) is 0 Å². The molecule has 0 spiro atoms. The molecule has 0 fully saturated rings. The van der Waals surface area contributed by atoms with Gasteiger partial charge in [-0.2, -0.15) is 0 Å². The van der Waals surface area contributed by atoms with Crippen LogP contribution in [0, 0.1) is 26.6 Å². The first kappa shape index (κ1) is 13.3. The molecule has 2 aromatic rings. The minimum Gasteiger partial charge on any atom is -0.322 e. The highest BCUT2D eigenvalue weighted by atomic mass is 19.1.